The highest BCUT2D eigenvalue weighted by atomic mass is 19.4. The molecule has 2 aromatic carbocycles. The maximum atomic E-state index is 13.0. The van der Waals surface area contributed by atoms with Crippen molar-refractivity contribution in [2.45, 2.75) is 18.4 Å². The number of nitrogens with one attached hydrogen (secondary N) is 1. The summed E-state index contributed by atoms with van der Waals surface area (Å²) in [4.78, 5) is 12.2. The number of benzene rings is 2. The van der Waals surface area contributed by atoms with Gasteiger partial charge in [0.25, 0.3) is 5.91 Å². The number of hydrogen-bond donors (Lipinski definition) is 2. The molecule has 2 rings (SSSR count). The van der Waals surface area contributed by atoms with Gasteiger partial charge in [-0.25, -0.2) is 0 Å². The lowest BCUT2D eigenvalue weighted by molar-refractivity contribution is -0.139. The monoisotopic (exact) mass is 353 g/mol. The molecule has 0 fully saturated rings. The molecule has 0 radical (unpaired) electrons. The van der Waals surface area contributed by atoms with Gasteiger partial charge in [-0.15, -0.1) is 0 Å². The van der Waals surface area contributed by atoms with E-state index in [1.54, 1.807) is 30.3 Å². The molecule has 25 heavy (non-hydrogen) atoms. The van der Waals surface area contributed by atoms with Crippen LogP contribution in [0.25, 0.3) is 0 Å². The third-order valence-electron chi connectivity index (χ3n) is 3.67. The summed E-state index contributed by atoms with van der Waals surface area (Å²) < 4.78 is 44.1. The zero-order chi connectivity index (χ0) is 18.4. The summed E-state index contributed by atoms with van der Waals surface area (Å²) in [6.45, 7) is -0.362. The lowest BCUT2D eigenvalue weighted by Gasteiger charge is -2.20. The number of rotatable bonds is 6. The number of aliphatic hydroxyl groups excluding tert-OH is 1. The molecule has 0 bridgehead atoms. The Morgan fingerprint density at radius 2 is 1.72 bits per heavy atom. The molecule has 2 N–H and O–H groups in total. The van der Waals surface area contributed by atoms with Crippen LogP contribution < -0.4 is 5.32 Å². The minimum Gasteiger partial charge on any atom is -0.387 e. The largest absolute Gasteiger partial charge is 0.416 e. The number of carbonyl (C=O) groups excluding carboxylic acids is 1. The molecule has 0 aromatic heterocycles. The predicted molar refractivity (Wildman–Crippen MR) is 85.6 cm³/mol. The summed E-state index contributed by atoms with van der Waals surface area (Å²) >= 11 is 0. The Bertz CT molecular complexity index is 704. The van der Waals surface area contributed by atoms with Crippen LogP contribution >= 0.6 is 0 Å². The first-order valence-electron chi connectivity index (χ1n) is 7.54. The van der Waals surface area contributed by atoms with E-state index < -0.39 is 29.9 Å². The van der Waals surface area contributed by atoms with Crippen molar-refractivity contribution in [1.82, 2.24) is 5.32 Å². The van der Waals surface area contributed by atoms with E-state index in [9.17, 15) is 23.1 Å². The van der Waals surface area contributed by atoms with E-state index in [1.165, 1.54) is 25.3 Å². The summed E-state index contributed by atoms with van der Waals surface area (Å²) in [7, 11) is 1.35. The van der Waals surface area contributed by atoms with Gasteiger partial charge >= 0.3 is 6.18 Å². The molecule has 134 valence electrons. The van der Waals surface area contributed by atoms with Gasteiger partial charge in [0, 0.05) is 13.7 Å². The maximum absolute atomic E-state index is 13.0. The van der Waals surface area contributed by atoms with Crippen molar-refractivity contribution in [3.8, 4) is 0 Å². The maximum Gasteiger partial charge on any atom is 0.416 e. The smallest absolute Gasteiger partial charge is 0.387 e. The van der Waals surface area contributed by atoms with E-state index in [-0.39, 0.29) is 12.1 Å². The highest BCUT2D eigenvalue weighted by Crippen LogP contribution is 2.34. The van der Waals surface area contributed by atoms with Gasteiger partial charge in [0.05, 0.1) is 11.7 Å². The summed E-state index contributed by atoms with van der Waals surface area (Å²) in [5.41, 5.74) is -0.611. The van der Waals surface area contributed by atoms with Gasteiger partial charge < -0.3 is 15.2 Å². The fourth-order valence-electron chi connectivity index (χ4n) is 2.47. The highest BCUT2D eigenvalue weighted by molar-refractivity contribution is 5.82. The van der Waals surface area contributed by atoms with Gasteiger partial charge in [0.2, 0.25) is 0 Å². The molecule has 0 aliphatic carbocycles. The number of aliphatic hydroxyl groups is 1. The molecule has 0 saturated heterocycles. The predicted octanol–water partition coefficient (Wildman–Crippen LogP) is 3.24. The zero-order valence-electron chi connectivity index (χ0n) is 13.5. The first-order chi connectivity index (χ1) is 11.8. The zero-order valence-corrected chi connectivity index (χ0v) is 13.5. The summed E-state index contributed by atoms with van der Waals surface area (Å²) in [6.07, 6.45) is -6.98. The molecule has 7 heteroatoms. The van der Waals surface area contributed by atoms with Gasteiger partial charge in [0.15, 0.2) is 6.10 Å². The van der Waals surface area contributed by atoms with Crippen LogP contribution in [0.1, 0.15) is 28.9 Å². The van der Waals surface area contributed by atoms with Gasteiger partial charge in [0.1, 0.15) is 0 Å². The SMILES string of the molecule is COC(C(=O)NCC(O)c1ccccc1C(F)(F)F)c1ccccc1. The normalized spacial score (nSPS) is 14.0. The molecule has 2 aromatic rings. The minimum absolute atomic E-state index is 0.288. The van der Waals surface area contributed by atoms with Gasteiger partial charge in [-0.1, -0.05) is 48.5 Å². The molecule has 0 saturated carbocycles. The molecule has 0 aliphatic rings. The van der Waals surface area contributed by atoms with Crippen molar-refractivity contribution in [2.24, 2.45) is 0 Å². The Morgan fingerprint density at radius 1 is 1.12 bits per heavy atom. The van der Waals surface area contributed by atoms with Crippen molar-refractivity contribution >= 4 is 5.91 Å². The molecule has 0 aliphatic heterocycles. The first-order valence-corrected chi connectivity index (χ1v) is 7.54. The third kappa shape index (κ3) is 4.80. The van der Waals surface area contributed by atoms with Crippen LogP contribution in [0.2, 0.25) is 0 Å². The number of hydrogen-bond acceptors (Lipinski definition) is 3. The van der Waals surface area contributed by atoms with E-state index in [1.807, 2.05) is 0 Å². The van der Waals surface area contributed by atoms with Crippen LogP contribution in [-0.4, -0.2) is 24.7 Å². The lowest BCUT2D eigenvalue weighted by atomic mass is 10.0. The Morgan fingerprint density at radius 3 is 2.32 bits per heavy atom. The quantitative estimate of drug-likeness (QED) is 0.838. The second-order valence-electron chi connectivity index (χ2n) is 5.37. The van der Waals surface area contributed by atoms with Crippen LogP contribution in [0.4, 0.5) is 13.2 Å². The Balaban J connectivity index is 2.07. The average molecular weight is 353 g/mol. The van der Waals surface area contributed by atoms with Crippen molar-refractivity contribution in [2.75, 3.05) is 13.7 Å². The molecule has 0 spiro atoms. The third-order valence-corrected chi connectivity index (χ3v) is 3.67. The Labute approximate surface area is 143 Å². The summed E-state index contributed by atoms with van der Waals surface area (Å²) in [5, 5.41) is 12.5. The van der Waals surface area contributed by atoms with Gasteiger partial charge in [-0.3, -0.25) is 4.79 Å². The Kier molecular flexibility index (Phi) is 6.17. The van der Waals surface area contributed by atoms with E-state index in [0.29, 0.717) is 5.56 Å². The van der Waals surface area contributed by atoms with Crippen molar-refractivity contribution in [1.29, 1.82) is 0 Å². The molecule has 4 nitrogen and oxygen atoms in total. The minimum atomic E-state index is -4.58. The van der Waals surface area contributed by atoms with Crippen molar-refractivity contribution in [3.05, 3.63) is 71.3 Å². The molecule has 2 unspecified atom stereocenters. The number of carbonyl (C=O) groups is 1. The highest BCUT2D eigenvalue weighted by Gasteiger charge is 2.34. The first kappa shape index (κ1) is 19.0. The van der Waals surface area contributed by atoms with Crippen LogP contribution in [0.3, 0.4) is 0 Å². The summed E-state index contributed by atoms with van der Waals surface area (Å²) in [6, 6.07) is 13.4. The van der Waals surface area contributed by atoms with E-state index in [0.717, 1.165) is 6.07 Å². The lowest BCUT2D eigenvalue weighted by Crippen LogP contribution is -2.34. The van der Waals surface area contributed by atoms with E-state index in [4.69, 9.17) is 4.74 Å². The standard InChI is InChI=1S/C18H18F3NO3/c1-25-16(12-7-3-2-4-8-12)17(24)22-11-15(23)13-9-5-6-10-14(13)18(19,20)21/h2-10,15-16,23H,11H2,1H3,(H,22,24). The molecule has 0 heterocycles. The number of alkyl halides is 3. The van der Waals surface area contributed by atoms with Crippen LogP contribution in [0.5, 0.6) is 0 Å². The van der Waals surface area contributed by atoms with Crippen LogP contribution in [0, 0.1) is 0 Å². The van der Waals surface area contributed by atoms with Crippen LogP contribution in [-0.2, 0) is 15.7 Å². The number of halogens is 3. The average Bonchev–Trinajstić information content (AvgIpc) is 2.60. The van der Waals surface area contributed by atoms with E-state index >= 15 is 0 Å². The van der Waals surface area contributed by atoms with Gasteiger partial charge in [-0.2, -0.15) is 13.2 Å². The second kappa shape index (κ2) is 8.13. The van der Waals surface area contributed by atoms with Crippen molar-refractivity contribution < 1.29 is 27.8 Å². The fourth-order valence-corrected chi connectivity index (χ4v) is 2.47. The molecular formula is C18H18F3NO3. The van der Waals surface area contributed by atoms with Crippen molar-refractivity contribution in [3.63, 3.8) is 0 Å². The fraction of sp³-hybridized carbons (Fsp3) is 0.278. The second-order valence-corrected chi connectivity index (χ2v) is 5.37. The topological polar surface area (TPSA) is 58.6 Å². The molecule has 2 atom stereocenters. The number of amides is 1. The number of ether oxygens (including phenoxy) is 1. The van der Waals surface area contributed by atoms with Gasteiger partial charge in [-0.05, 0) is 17.2 Å². The molecule has 1 amide bonds. The van der Waals surface area contributed by atoms with Crippen LogP contribution in [0.15, 0.2) is 54.6 Å². The van der Waals surface area contributed by atoms with E-state index in [2.05, 4.69) is 5.32 Å². The number of methoxy groups -OCH3 is 1. The summed E-state index contributed by atoms with van der Waals surface area (Å²) in [5.74, 6) is -0.544. The molecular weight excluding hydrogens is 335 g/mol. The Hall–Kier alpha value is -2.38.